The average Bonchev–Trinajstić information content (AvgIpc) is 2.90. The van der Waals surface area contributed by atoms with Gasteiger partial charge in [0, 0.05) is 6.42 Å². The van der Waals surface area contributed by atoms with Gasteiger partial charge in [-0.1, -0.05) is 16.8 Å². The van der Waals surface area contributed by atoms with Crippen molar-refractivity contribution in [3.8, 4) is 0 Å². The van der Waals surface area contributed by atoms with E-state index in [1.54, 1.807) is 0 Å². The van der Waals surface area contributed by atoms with Crippen LogP contribution in [-0.2, 0) is 9.57 Å². The summed E-state index contributed by atoms with van der Waals surface area (Å²) in [6.45, 7) is 0. The van der Waals surface area contributed by atoms with Gasteiger partial charge < -0.3 is 15.3 Å². The smallest absolute Gasteiger partial charge is 0.432 e. The van der Waals surface area contributed by atoms with Crippen LogP contribution in [-0.4, -0.2) is 30.0 Å². The van der Waals surface area contributed by atoms with E-state index >= 15 is 0 Å². The molecule has 0 amide bonds. The molecular formula is C11H9ClF3N3O3. The molecule has 0 aliphatic carbocycles. The largest absolute Gasteiger partial charge is 0.464 e. The number of anilines is 1. The van der Waals surface area contributed by atoms with Crippen molar-refractivity contribution in [2.45, 2.75) is 18.7 Å². The van der Waals surface area contributed by atoms with Crippen LogP contribution in [0.5, 0.6) is 0 Å². The van der Waals surface area contributed by atoms with Gasteiger partial charge in [0.05, 0.1) is 23.5 Å². The molecule has 114 valence electrons. The Morgan fingerprint density at radius 2 is 2.24 bits per heavy atom. The van der Waals surface area contributed by atoms with Crippen molar-refractivity contribution in [3.63, 3.8) is 0 Å². The molecule has 0 bridgehead atoms. The van der Waals surface area contributed by atoms with Crippen LogP contribution in [0.1, 0.15) is 28.7 Å². The molecule has 0 spiro atoms. The number of ether oxygens (including phenoxy) is 1. The maximum Gasteiger partial charge on any atom is 0.432 e. The Morgan fingerprint density at radius 3 is 2.76 bits per heavy atom. The lowest BCUT2D eigenvalue weighted by molar-refractivity contribution is -0.0604. The Kier molecular flexibility index (Phi) is 3.95. The molecule has 10 heteroatoms. The third-order valence-corrected chi connectivity index (χ3v) is 3.11. The molecule has 1 unspecified atom stereocenters. The molecule has 0 radical (unpaired) electrons. The van der Waals surface area contributed by atoms with E-state index in [1.807, 2.05) is 0 Å². The fourth-order valence-electron chi connectivity index (χ4n) is 1.67. The molecule has 1 atom stereocenters. The minimum atomic E-state index is -4.59. The molecular weight excluding hydrogens is 315 g/mol. The topological polar surface area (TPSA) is 86.8 Å². The van der Waals surface area contributed by atoms with Gasteiger partial charge in [-0.25, -0.2) is 9.78 Å². The number of carbonyl (C=O) groups excluding carboxylic acids is 1. The number of hydrogen-bond donors (Lipinski definition) is 1. The number of pyridine rings is 1. The lowest BCUT2D eigenvalue weighted by Crippen LogP contribution is -2.21. The van der Waals surface area contributed by atoms with E-state index in [-0.39, 0.29) is 22.1 Å². The highest BCUT2D eigenvalue weighted by molar-refractivity contribution is 6.35. The number of esters is 1. The summed E-state index contributed by atoms with van der Waals surface area (Å²) in [5, 5.41) is 2.83. The minimum absolute atomic E-state index is 0.0142. The molecule has 6 nitrogen and oxygen atoms in total. The molecule has 1 aromatic rings. The van der Waals surface area contributed by atoms with Crippen LogP contribution in [0, 0.1) is 0 Å². The quantitative estimate of drug-likeness (QED) is 0.845. The van der Waals surface area contributed by atoms with Crippen LogP contribution in [0.2, 0.25) is 5.02 Å². The van der Waals surface area contributed by atoms with Crippen LogP contribution >= 0.6 is 11.6 Å². The first-order valence-corrected chi connectivity index (χ1v) is 5.96. The second-order valence-corrected chi connectivity index (χ2v) is 4.50. The zero-order valence-corrected chi connectivity index (χ0v) is 11.3. The average molecular weight is 324 g/mol. The number of carbonyl (C=O) groups is 1. The Balaban J connectivity index is 2.31. The van der Waals surface area contributed by atoms with E-state index in [2.05, 4.69) is 14.9 Å². The molecule has 0 saturated carbocycles. The lowest BCUT2D eigenvalue weighted by atomic mass is 10.1. The lowest BCUT2D eigenvalue weighted by Gasteiger charge is -2.12. The van der Waals surface area contributed by atoms with Gasteiger partial charge in [-0.2, -0.15) is 13.2 Å². The summed E-state index contributed by atoms with van der Waals surface area (Å²) in [5.74, 6) is -0.858. The summed E-state index contributed by atoms with van der Waals surface area (Å²) in [7, 11) is 1.11. The van der Waals surface area contributed by atoms with E-state index in [4.69, 9.17) is 22.2 Å². The monoisotopic (exact) mass is 323 g/mol. The summed E-state index contributed by atoms with van der Waals surface area (Å²) in [5.41, 5.74) is 4.24. The van der Waals surface area contributed by atoms with Gasteiger partial charge in [-0.15, -0.1) is 0 Å². The molecule has 1 aliphatic heterocycles. The predicted octanol–water partition coefficient (Wildman–Crippen LogP) is 2.48. The number of nitrogen functional groups attached to an aromatic ring is 1. The second-order valence-electron chi connectivity index (χ2n) is 4.12. The summed E-state index contributed by atoms with van der Waals surface area (Å²) in [4.78, 5) is 20.0. The molecule has 21 heavy (non-hydrogen) atoms. The van der Waals surface area contributed by atoms with Crippen molar-refractivity contribution in [2.75, 3.05) is 12.8 Å². The van der Waals surface area contributed by atoms with Crippen molar-refractivity contribution in [1.82, 2.24) is 4.98 Å². The summed E-state index contributed by atoms with van der Waals surface area (Å²) in [6.07, 6.45) is -6.21. The van der Waals surface area contributed by atoms with Crippen molar-refractivity contribution in [2.24, 2.45) is 5.16 Å². The molecule has 2 heterocycles. The molecule has 2 rings (SSSR count). The summed E-state index contributed by atoms with van der Waals surface area (Å²) >= 11 is 5.81. The first kappa shape index (κ1) is 15.4. The predicted molar refractivity (Wildman–Crippen MR) is 66.9 cm³/mol. The zero-order valence-electron chi connectivity index (χ0n) is 10.6. The number of methoxy groups -OCH3 is 1. The highest BCUT2D eigenvalue weighted by atomic mass is 35.5. The number of nitrogens with zero attached hydrogens (tertiary/aromatic N) is 2. The molecule has 0 aromatic carbocycles. The van der Waals surface area contributed by atoms with Gasteiger partial charge in [-0.05, 0) is 6.07 Å². The molecule has 0 fully saturated rings. The fourth-order valence-corrected chi connectivity index (χ4v) is 1.84. The van der Waals surface area contributed by atoms with Crippen molar-refractivity contribution < 1.29 is 27.5 Å². The van der Waals surface area contributed by atoms with Crippen LogP contribution in [0.3, 0.4) is 0 Å². The van der Waals surface area contributed by atoms with E-state index in [9.17, 15) is 18.0 Å². The SMILES string of the molecule is COC(=O)c1nc(C2CC(C(F)(F)F)=NO2)cc(N)c1Cl. The van der Waals surface area contributed by atoms with Crippen LogP contribution in [0.25, 0.3) is 0 Å². The third kappa shape index (κ3) is 3.02. The Labute approximate surface area is 121 Å². The Morgan fingerprint density at radius 1 is 1.57 bits per heavy atom. The van der Waals surface area contributed by atoms with Crippen molar-refractivity contribution in [3.05, 3.63) is 22.5 Å². The van der Waals surface area contributed by atoms with E-state index in [1.165, 1.54) is 6.07 Å². The standard InChI is InChI=1S/C11H9ClF3N3O3/c1-20-10(19)9-8(12)4(16)2-5(17-9)6-3-7(18-21-6)11(13,14)15/h2,6H,3H2,1H3,(H2,16,17). The maximum atomic E-state index is 12.5. The van der Waals surface area contributed by atoms with E-state index in [0.717, 1.165) is 7.11 Å². The summed E-state index contributed by atoms with van der Waals surface area (Å²) < 4.78 is 42.0. The molecule has 2 N–H and O–H groups in total. The Hall–Kier alpha value is -2.03. The third-order valence-electron chi connectivity index (χ3n) is 2.71. The van der Waals surface area contributed by atoms with Crippen LogP contribution in [0.15, 0.2) is 11.2 Å². The number of oxime groups is 1. The highest BCUT2D eigenvalue weighted by Gasteiger charge is 2.42. The van der Waals surface area contributed by atoms with Crippen molar-refractivity contribution >= 4 is 29.0 Å². The van der Waals surface area contributed by atoms with Gasteiger partial charge in [0.25, 0.3) is 0 Å². The number of alkyl halides is 3. The van der Waals surface area contributed by atoms with Gasteiger partial charge in [0.1, 0.15) is 0 Å². The van der Waals surface area contributed by atoms with Crippen LogP contribution < -0.4 is 5.73 Å². The summed E-state index contributed by atoms with van der Waals surface area (Å²) in [6, 6.07) is 1.23. The first-order valence-electron chi connectivity index (χ1n) is 5.58. The van der Waals surface area contributed by atoms with Crippen LogP contribution in [0.4, 0.5) is 18.9 Å². The van der Waals surface area contributed by atoms with Gasteiger partial charge in [0.15, 0.2) is 17.5 Å². The number of rotatable bonds is 2. The molecule has 0 saturated heterocycles. The normalized spacial score (nSPS) is 18.1. The number of nitrogens with two attached hydrogens (primary N) is 1. The van der Waals surface area contributed by atoms with Crippen molar-refractivity contribution in [1.29, 1.82) is 0 Å². The number of aromatic nitrogens is 1. The van der Waals surface area contributed by atoms with Gasteiger partial charge in [0.2, 0.25) is 0 Å². The number of halogens is 4. The van der Waals surface area contributed by atoms with E-state index < -0.39 is 30.4 Å². The Bertz CT molecular complexity index is 619. The van der Waals surface area contributed by atoms with E-state index in [0.29, 0.717) is 0 Å². The first-order chi connectivity index (χ1) is 9.74. The fraction of sp³-hybridized carbons (Fsp3) is 0.364. The van der Waals surface area contributed by atoms with Gasteiger partial charge >= 0.3 is 12.1 Å². The zero-order chi connectivity index (χ0) is 15.8. The maximum absolute atomic E-state index is 12.5. The highest BCUT2D eigenvalue weighted by Crippen LogP contribution is 2.35. The van der Waals surface area contributed by atoms with Gasteiger partial charge in [-0.3, -0.25) is 0 Å². The second kappa shape index (κ2) is 5.40. The molecule has 1 aromatic heterocycles. The number of hydrogen-bond acceptors (Lipinski definition) is 6. The molecule has 1 aliphatic rings. The minimum Gasteiger partial charge on any atom is -0.464 e.